The van der Waals surface area contributed by atoms with Gasteiger partial charge in [0.25, 0.3) is 0 Å². The molecule has 0 aliphatic carbocycles. The molecule has 2 rings (SSSR count). The lowest BCUT2D eigenvalue weighted by Gasteiger charge is -2.09. The van der Waals surface area contributed by atoms with Crippen LogP contribution in [0.1, 0.15) is 24.5 Å². The van der Waals surface area contributed by atoms with Gasteiger partial charge in [0.1, 0.15) is 0 Å². The first-order chi connectivity index (χ1) is 7.86. The Morgan fingerprint density at radius 1 is 1.12 bits per heavy atom. The maximum absolute atomic E-state index is 4.13. The standard InChI is InChI=1S/C15H17N/c1-3-6-14-13(11-16-2)10-9-12-7-4-5-8-15(12)14/h4-5,7-11H,3,6H2,1-2H3/b16-11+. The Hall–Kier alpha value is -1.63. The van der Waals surface area contributed by atoms with Crippen molar-refractivity contribution in [3.8, 4) is 0 Å². The molecular formula is C15H17N. The van der Waals surface area contributed by atoms with E-state index < -0.39 is 0 Å². The number of fused-ring (bicyclic) bond motifs is 1. The van der Waals surface area contributed by atoms with Gasteiger partial charge in [0.05, 0.1) is 0 Å². The summed E-state index contributed by atoms with van der Waals surface area (Å²) in [5.41, 5.74) is 2.68. The van der Waals surface area contributed by atoms with Crippen LogP contribution in [0.5, 0.6) is 0 Å². The maximum Gasteiger partial charge on any atom is 0.0284 e. The third-order valence-corrected chi connectivity index (χ3v) is 2.85. The highest BCUT2D eigenvalue weighted by Crippen LogP contribution is 2.22. The van der Waals surface area contributed by atoms with Gasteiger partial charge in [0.2, 0.25) is 0 Å². The van der Waals surface area contributed by atoms with Gasteiger partial charge in [-0.1, -0.05) is 49.7 Å². The molecule has 82 valence electrons. The Morgan fingerprint density at radius 2 is 1.94 bits per heavy atom. The average Bonchev–Trinajstić information content (AvgIpc) is 2.32. The van der Waals surface area contributed by atoms with E-state index >= 15 is 0 Å². The first-order valence-electron chi connectivity index (χ1n) is 5.79. The van der Waals surface area contributed by atoms with E-state index in [4.69, 9.17) is 0 Å². The quantitative estimate of drug-likeness (QED) is 0.684. The third kappa shape index (κ3) is 1.99. The van der Waals surface area contributed by atoms with Crippen LogP contribution in [-0.4, -0.2) is 13.3 Å². The van der Waals surface area contributed by atoms with Crippen molar-refractivity contribution in [3.05, 3.63) is 47.5 Å². The molecule has 0 aromatic heterocycles. The van der Waals surface area contributed by atoms with Crippen molar-refractivity contribution in [3.63, 3.8) is 0 Å². The first-order valence-corrected chi connectivity index (χ1v) is 5.79. The number of hydrogen-bond acceptors (Lipinski definition) is 1. The lowest BCUT2D eigenvalue weighted by Crippen LogP contribution is -1.94. The minimum Gasteiger partial charge on any atom is -0.296 e. The second-order valence-electron chi connectivity index (χ2n) is 3.99. The zero-order chi connectivity index (χ0) is 11.4. The monoisotopic (exact) mass is 211 g/mol. The van der Waals surface area contributed by atoms with Gasteiger partial charge in [0.15, 0.2) is 0 Å². The molecule has 2 aromatic rings. The summed E-state index contributed by atoms with van der Waals surface area (Å²) in [6.07, 6.45) is 4.23. The van der Waals surface area contributed by atoms with E-state index in [2.05, 4.69) is 48.3 Å². The molecule has 16 heavy (non-hydrogen) atoms. The van der Waals surface area contributed by atoms with Crippen LogP contribution in [0.25, 0.3) is 10.8 Å². The molecule has 0 fully saturated rings. The van der Waals surface area contributed by atoms with Crippen LogP contribution in [0.4, 0.5) is 0 Å². The minimum absolute atomic E-state index is 1.11. The van der Waals surface area contributed by atoms with Crippen molar-refractivity contribution in [2.45, 2.75) is 19.8 Å². The highest BCUT2D eigenvalue weighted by atomic mass is 14.6. The Balaban J connectivity index is 2.68. The normalized spacial score (nSPS) is 11.4. The van der Waals surface area contributed by atoms with Gasteiger partial charge in [-0.3, -0.25) is 4.99 Å². The van der Waals surface area contributed by atoms with Crippen LogP contribution in [0.3, 0.4) is 0 Å². The van der Waals surface area contributed by atoms with Gasteiger partial charge in [-0.05, 0) is 28.3 Å². The molecular weight excluding hydrogens is 194 g/mol. The van der Waals surface area contributed by atoms with E-state index in [9.17, 15) is 0 Å². The number of rotatable bonds is 3. The number of nitrogens with zero attached hydrogens (tertiary/aromatic N) is 1. The Bertz CT molecular complexity index is 512. The van der Waals surface area contributed by atoms with E-state index in [-0.39, 0.29) is 0 Å². The van der Waals surface area contributed by atoms with E-state index in [0.29, 0.717) is 0 Å². The van der Waals surface area contributed by atoms with Gasteiger partial charge < -0.3 is 0 Å². The van der Waals surface area contributed by atoms with Crippen LogP contribution in [0, 0.1) is 0 Å². The summed E-state index contributed by atoms with van der Waals surface area (Å²) >= 11 is 0. The summed E-state index contributed by atoms with van der Waals surface area (Å²) in [7, 11) is 1.82. The van der Waals surface area contributed by atoms with Gasteiger partial charge in [-0.15, -0.1) is 0 Å². The van der Waals surface area contributed by atoms with E-state index in [1.54, 1.807) is 0 Å². The van der Waals surface area contributed by atoms with Crippen LogP contribution in [-0.2, 0) is 6.42 Å². The fraction of sp³-hybridized carbons (Fsp3) is 0.267. The summed E-state index contributed by atoms with van der Waals surface area (Å²) < 4.78 is 0. The van der Waals surface area contributed by atoms with Crippen molar-refractivity contribution in [1.82, 2.24) is 0 Å². The van der Waals surface area contributed by atoms with Gasteiger partial charge in [-0.25, -0.2) is 0 Å². The van der Waals surface area contributed by atoms with Crippen molar-refractivity contribution < 1.29 is 0 Å². The molecule has 0 saturated heterocycles. The lowest BCUT2D eigenvalue weighted by atomic mass is 9.96. The van der Waals surface area contributed by atoms with E-state index in [0.717, 1.165) is 6.42 Å². The van der Waals surface area contributed by atoms with Crippen LogP contribution in [0.2, 0.25) is 0 Å². The molecule has 0 spiro atoms. The fourth-order valence-corrected chi connectivity index (χ4v) is 2.14. The highest BCUT2D eigenvalue weighted by Gasteiger charge is 2.04. The minimum atomic E-state index is 1.11. The second kappa shape index (κ2) is 4.93. The highest BCUT2D eigenvalue weighted by molar-refractivity contribution is 5.94. The molecule has 1 nitrogen and oxygen atoms in total. The van der Waals surface area contributed by atoms with Crippen LogP contribution >= 0.6 is 0 Å². The summed E-state index contributed by atoms with van der Waals surface area (Å²) in [6.45, 7) is 2.22. The molecule has 0 aliphatic rings. The van der Waals surface area contributed by atoms with Crippen molar-refractivity contribution in [2.24, 2.45) is 4.99 Å². The lowest BCUT2D eigenvalue weighted by molar-refractivity contribution is 0.928. The molecule has 0 atom stereocenters. The molecule has 0 radical (unpaired) electrons. The summed E-state index contributed by atoms with van der Waals surface area (Å²) in [5, 5.41) is 2.68. The van der Waals surface area contributed by atoms with Crippen LogP contribution < -0.4 is 0 Å². The third-order valence-electron chi connectivity index (χ3n) is 2.85. The Labute approximate surface area is 96.8 Å². The molecule has 2 aromatic carbocycles. The fourth-order valence-electron chi connectivity index (χ4n) is 2.14. The van der Waals surface area contributed by atoms with E-state index in [1.807, 2.05) is 13.3 Å². The molecule has 0 unspecified atom stereocenters. The van der Waals surface area contributed by atoms with Gasteiger partial charge in [0, 0.05) is 13.3 Å². The average molecular weight is 211 g/mol. The number of hydrogen-bond donors (Lipinski definition) is 0. The largest absolute Gasteiger partial charge is 0.296 e. The molecule has 0 aliphatic heterocycles. The second-order valence-corrected chi connectivity index (χ2v) is 3.99. The molecule has 0 N–H and O–H groups in total. The molecule has 0 saturated carbocycles. The summed E-state index contributed by atoms with van der Waals surface area (Å²) in [6, 6.07) is 12.9. The van der Waals surface area contributed by atoms with E-state index in [1.165, 1.54) is 28.3 Å². The smallest absolute Gasteiger partial charge is 0.0284 e. The predicted octanol–water partition coefficient (Wildman–Crippen LogP) is 3.84. The summed E-state index contributed by atoms with van der Waals surface area (Å²) in [5.74, 6) is 0. The Kier molecular flexibility index (Phi) is 3.35. The van der Waals surface area contributed by atoms with Gasteiger partial charge >= 0.3 is 0 Å². The Morgan fingerprint density at radius 3 is 2.69 bits per heavy atom. The predicted molar refractivity (Wildman–Crippen MR) is 71.5 cm³/mol. The molecule has 0 heterocycles. The topological polar surface area (TPSA) is 12.4 Å². The molecule has 0 amide bonds. The zero-order valence-corrected chi connectivity index (χ0v) is 9.90. The summed E-state index contributed by atoms with van der Waals surface area (Å²) in [4.78, 5) is 4.13. The maximum atomic E-state index is 4.13. The number of aryl methyl sites for hydroxylation is 1. The molecule has 0 bridgehead atoms. The SMILES string of the molecule is CCCc1c(/C=N/C)ccc2ccccc12. The van der Waals surface area contributed by atoms with Crippen molar-refractivity contribution >= 4 is 17.0 Å². The number of benzene rings is 2. The van der Waals surface area contributed by atoms with Gasteiger partial charge in [-0.2, -0.15) is 0 Å². The van der Waals surface area contributed by atoms with Crippen molar-refractivity contribution in [1.29, 1.82) is 0 Å². The number of aliphatic imine (C=N–C) groups is 1. The first kappa shape index (κ1) is 10.9. The van der Waals surface area contributed by atoms with Crippen LogP contribution in [0.15, 0.2) is 41.4 Å². The molecule has 1 heteroatoms. The zero-order valence-electron chi connectivity index (χ0n) is 9.90. The van der Waals surface area contributed by atoms with Crippen molar-refractivity contribution in [2.75, 3.05) is 7.05 Å².